The molecule has 0 atom stereocenters. The van der Waals surface area contributed by atoms with Crippen LogP contribution in [-0.2, 0) is 16.0 Å². The van der Waals surface area contributed by atoms with Crippen molar-refractivity contribution < 1.29 is 19.1 Å². The van der Waals surface area contributed by atoms with Gasteiger partial charge >= 0.3 is 0 Å². The van der Waals surface area contributed by atoms with Crippen molar-refractivity contribution in [2.45, 2.75) is 19.3 Å². The van der Waals surface area contributed by atoms with E-state index in [4.69, 9.17) is 9.47 Å². The summed E-state index contributed by atoms with van der Waals surface area (Å²) in [4.78, 5) is 26.3. The van der Waals surface area contributed by atoms with E-state index in [0.29, 0.717) is 25.4 Å². The van der Waals surface area contributed by atoms with Crippen LogP contribution in [0.1, 0.15) is 18.4 Å². The molecule has 2 amide bonds. The van der Waals surface area contributed by atoms with Gasteiger partial charge in [-0.3, -0.25) is 9.59 Å². The van der Waals surface area contributed by atoms with Gasteiger partial charge in [0.15, 0.2) is 0 Å². The monoisotopic (exact) mass is 368 g/mol. The Kier molecular flexibility index (Phi) is 6.30. The van der Waals surface area contributed by atoms with Gasteiger partial charge in [0.1, 0.15) is 24.5 Å². The van der Waals surface area contributed by atoms with Crippen LogP contribution in [0, 0.1) is 0 Å². The van der Waals surface area contributed by atoms with Crippen LogP contribution >= 0.6 is 0 Å². The summed E-state index contributed by atoms with van der Waals surface area (Å²) in [5.74, 6) is 0.997. The molecule has 0 fully saturated rings. The smallest absolute Gasteiger partial charge is 0.236 e. The fraction of sp³-hybridized carbons (Fsp3) is 0.333. The quantitative estimate of drug-likeness (QED) is 0.602. The Bertz CT molecular complexity index is 789. The van der Waals surface area contributed by atoms with Crippen molar-refractivity contribution in [2.75, 3.05) is 31.7 Å². The van der Waals surface area contributed by atoms with Crippen LogP contribution in [0.4, 0.5) is 5.69 Å². The number of anilines is 1. The standard InChI is InChI=1S/C21H24N2O4/c1-26-17-8-10-18(11-9-17)27-14-12-22-20(24)15-21(25)23-13-4-6-16-5-2-3-7-19(16)23/h2-3,5,7-11H,4,6,12-15H2,1H3,(H,22,24). The normalized spacial score (nSPS) is 12.9. The molecule has 0 bridgehead atoms. The summed E-state index contributed by atoms with van der Waals surface area (Å²) in [7, 11) is 1.61. The molecule has 6 nitrogen and oxygen atoms in total. The van der Waals surface area contributed by atoms with Crippen LogP contribution in [0.2, 0.25) is 0 Å². The molecule has 2 aromatic rings. The Morgan fingerprint density at radius 2 is 1.81 bits per heavy atom. The van der Waals surface area contributed by atoms with Crippen molar-refractivity contribution in [3.8, 4) is 11.5 Å². The van der Waals surface area contributed by atoms with Crippen molar-refractivity contribution in [3.63, 3.8) is 0 Å². The van der Waals surface area contributed by atoms with Gasteiger partial charge in [-0.2, -0.15) is 0 Å². The van der Waals surface area contributed by atoms with Gasteiger partial charge in [0, 0.05) is 12.2 Å². The van der Waals surface area contributed by atoms with Gasteiger partial charge in [-0.15, -0.1) is 0 Å². The molecule has 3 rings (SSSR count). The molecule has 0 saturated heterocycles. The number of amides is 2. The molecule has 0 radical (unpaired) electrons. The van der Waals surface area contributed by atoms with Gasteiger partial charge in [0.2, 0.25) is 11.8 Å². The molecule has 6 heteroatoms. The van der Waals surface area contributed by atoms with Crippen LogP contribution < -0.4 is 19.7 Å². The minimum absolute atomic E-state index is 0.156. The largest absolute Gasteiger partial charge is 0.497 e. The van der Waals surface area contributed by atoms with E-state index in [0.717, 1.165) is 29.8 Å². The van der Waals surface area contributed by atoms with E-state index >= 15 is 0 Å². The maximum Gasteiger partial charge on any atom is 0.236 e. The number of nitrogens with one attached hydrogen (secondary N) is 1. The summed E-state index contributed by atoms with van der Waals surface area (Å²) in [5, 5.41) is 2.73. The van der Waals surface area contributed by atoms with Crippen LogP contribution in [0.3, 0.4) is 0 Å². The Balaban J connectivity index is 1.42. The first kappa shape index (κ1) is 18.8. The lowest BCUT2D eigenvalue weighted by Crippen LogP contribution is -2.39. The summed E-state index contributed by atoms with van der Waals surface area (Å²) in [6, 6.07) is 15.1. The van der Waals surface area contributed by atoms with Crippen LogP contribution in [0.5, 0.6) is 11.5 Å². The van der Waals surface area contributed by atoms with E-state index in [1.807, 2.05) is 36.4 Å². The van der Waals surface area contributed by atoms with Gasteiger partial charge in [-0.25, -0.2) is 0 Å². The first-order valence-corrected chi connectivity index (χ1v) is 9.09. The molecule has 0 aliphatic carbocycles. The molecule has 1 aliphatic heterocycles. The number of hydrogen-bond acceptors (Lipinski definition) is 4. The van der Waals surface area contributed by atoms with Gasteiger partial charge < -0.3 is 19.7 Å². The molecular formula is C21H24N2O4. The second-order valence-electron chi connectivity index (χ2n) is 6.33. The molecule has 0 aromatic heterocycles. The van der Waals surface area contributed by atoms with Crippen molar-refractivity contribution in [2.24, 2.45) is 0 Å². The molecule has 1 aliphatic rings. The Morgan fingerprint density at radius 3 is 2.59 bits per heavy atom. The van der Waals surface area contributed by atoms with Gasteiger partial charge in [0.25, 0.3) is 0 Å². The van der Waals surface area contributed by atoms with Crippen LogP contribution in [0.15, 0.2) is 48.5 Å². The summed E-state index contributed by atoms with van der Waals surface area (Å²) >= 11 is 0. The van der Waals surface area contributed by atoms with E-state index in [2.05, 4.69) is 5.32 Å². The second kappa shape index (κ2) is 9.07. The molecule has 1 N–H and O–H groups in total. The highest BCUT2D eigenvalue weighted by atomic mass is 16.5. The minimum Gasteiger partial charge on any atom is -0.497 e. The Hall–Kier alpha value is -3.02. The van der Waals surface area contributed by atoms with E-state index < -0.39 is 0 Å². The number of ether oxygens (including phenoxy) is 2. The third-order valence-electron chi connectivity index (χ3n) is 4.48. The van der Waals surface area contributed by atoms with E-state index in [-0.39, 0.29) is 18.2 Å². The van der Waals surface area contributed by atoms with Gasteiger partial charge in [-0.1, -0.05) is 18.2 Å². The highest BCUT2D eigenvalue weighted by molar-refractivity contribution is 6.05. The third-order valence-corrected chi connectivity index (χ3v) is 4.48. The molecule has 0 unspecified atom stereocenters. The predicted octanol–water partition coefficient (Wildman–Crippen LogP) is 2.56. The highest BCUT2D eigenvalue weighted by Gasteiger charge is 2.23. The SMILES string of the molecule is COc1ccc(OCCNC(=O)CC(=O)N2CCCc3ccccc32)cc1. The molecule has 142 valence electrons. The average Bonchev–Trinajstić information content (AvgIpc) is 2.71. The lowest BCUT2D eigenvalue weighted by molar-refractivity contribution is -0.128. The lowest BCUT2D eigenvalue weighted by Gasteiger charge is -2.29. The van der Waals surface area contributed by atoms with Crippen molar-refractivity contribution in [3.05, 3.63) is 54.1 Å². The maximum absolute atomic E-state index is 12.5. The number of para-hydroxylation sites is 1. The lowest BCUT2D eigenvalue weighted by atomic mass is 10.0. The van der Waals surface area contributed by atoms with Crippen LogP contribution in [0.25, 0.3) is 0 Å². The number of methoxy groups -OCH3 is 1. The number of nitrogens with zero attached hydrogens (tertiary/aromatic N) is 1. The zero-order chi connectivity index (χ0) is 19.1. The molecular weight excluding hydrogens is 344 g/mol. The summed E-state index contributed by atoms with van der Waals surface area (Å²) in [6.45, 7) is 1.33. The van der Waals surface area contributed by atoms with Crippen molar-refractivity contribution >= 4 is 17.5 Å². The Morgan fingerprint density at radius 1 is 1.07 bits per heavy atom. The first-order valence-electron chi connectivity index (χ1n) is 9.09. The summed E-state index contributed by atoms with van der Waals surface area (Å²) in [5.41, 5.74) is 2.08. The average molecular weight is 368 g/mol. The second-order valence-corrected chi connectivity index (χ2v) is 6.33. The number of aryl methyl sites for hydroxylation is 1. The van der Waals surface area contributed by atoms with E-state index in [9.17, 15) is 9.59 Å². The molecule has 2 aromatic carbocycles. The van der Waals surface area contributed by atoms with E-state index in [1.54, 1.807) is 24.1 Å². The first-order chi connectivity index (χ1) is 13.2. The zero-order valence-electron chi connectivity index (χ0n) is 15.4. The van der Waals surface area contributed by atoms with Crippen molar-refractivity contribution in [1.82, 2.24) is 5.32 Å². The maximum atomic E-state index is 12.5. The fourth-order valence-electron chi connectivity index (χ4n) is 3.12. The molecule has 27 heavy (non-hydrogen) atoms. The van der Waals surface area contributed by atoms with Crippen LogP contribution in [-0.4, -0.2) is 38.6 Å². The highest BCUT2D eigenvalue weighted by Crippen LogP contribution is 2.27. The number of hydrogen-bond donors (Lipinski definition) is 1. The number of carbonyl (C=O) groups is 2. The van der Waals surface area contributed by atoms with Crippen molar-refractivity contribution in [1.29, 1.82) is 0 Å². The molecule has 0 saturated carbocycles. The predicted molar refractivity (Wildman–Crippen MR) is 103 cm³/mol. The Labute approximate surface area is 159 Å². The van der Waals surface area contributed by atoms with E-state index in [1.165, 1.54) is 0 Å². The number of benzene rings is 2. The minimum atomic E-state index is -0.290. The fourth-order valence-corrected chi connectivity index (χ4v) is 3.12. The van der Waals surface area contributed by atoms with Gasteiger partial charge in [-0.05, 0) is 48.7 Å². The summed E-state index contributed by atoms with van der Waals surface area (Å²) in [6.07, 6.45) is 1.73. The third kappa shape index (κ3) is 5.00. The number of carbonyl (C=O) groups excluding carboxylic acids is 2. The summed E-state index contributed by atoms with van der Waals surface area (Å²) < 4.78 is 10.6. The molecule has 0 spiro atoms. The topological polar surface area (TPSA) is 67.9 Å². The molecule has 1 heterocycles. The van der Waals surface area contributed by atoms with Gasteiger partial charge in [0.05, 0.1) is 13.7 Å². The number of fused-ring (bicyclic) bond motifs is 1. The zero-order valence-corrected chi connectivity index (χ0v) is 15.4. The number of rotatable bonds is 7.